The normalized spacial score (nSPS) is 19.2. The summed E-state index contributed by atoms with van der Waals surface area (Å²) in [6, 6.07) is 0.848. The first kappa shape index (κ1) is 11.4. The largest absolute Gasteiger partial charge is 0.314 e. The van der Waals surface area contributed by atoms with E-state index in [9.17, 15) is 0 Å². The highest BCUT2D eigenvalue weighted by molar-refractivity contribution is 7.99. The molecule has 1 nitrogen and oxygen atoms in total. The van der Waals surface area contributed by atoms with Gasteiger partial charge >= 0.3 is 0 Å². The maximum absolute atomic E-state index is 3.67. The van der Waals surface area contributed by atoms with E-state index in [4.69, 9.17) is 0 Å². The van der Waals surface area contributed by atoms with Crippen LogP contribution in [0.3, 0.4) is 0 Å². The molecule has 78 valence electrons. The summed E-state index contributed by atoms with van der Waals surface area (Å²) in [5, 5.41) is 3.67. The summed E-state index contributed by atoms with van der Waals surface area (Å²) < 4.78 is 0. The highest BCUT2D eigenvalue weighted by atomic mass is 32.2. The topological polar surface area (TPSA) is 12.0 Å². The van der Waals surface area contributed by atoms with Crippen LogP contribution in [0.2, 0.25) is 0 Å². The second-order valence-corrected chi connectivity index (χ2v) is 5.23. The Kier molecular flexibility index (Phi) is 6.73. The molecule has 0 radical (unpaired) electrons. The van der Waals surface area contributed by atoms with Crippen molar-refractivity contribution in [2.24, 2.45) is 0 Å². The third kappa shape index (κ3) is 5.58. The molecule has 0 heterocycles. The molecular weight excluding hydrogens is 178 g/mol. The Hall–Kier alpha value is 0.310. The summed E-state index contributed by atoms with van der Waals surface area (Å²) in [4.78, 5) is 0. The molecule has 1 aliphatic carbocycles. The van der Waals surface area contributed by atoms with Crippen molar-refractivity contribution in [3.63, 3.8) is 0 Å². The van der Waals surface area contributed by atoms with Crippen LogP contribution in [0.1, 0.15) is 45.4 Å². The van der Waals surface area contributed by atoms with Crippen LogP contribution in [0.5, 0.6) is 0 Å². The van der Waals surface area contributed by atoms with Gasteiger partial charge in [0.15, 0.2) is 0 Å². The van der Waals surface area contributed by atoms with Crippen molar-refractivity contribution in [2.75, 3.05) is 18.1 Å². The summed E-state index contributed by atoms with van der Waals surface area (Å²) in [6.45, 7) is 3.47. The molecule has 0 saturated heterocycles. The van der Waals surface area contributed by atoms with Gasteiger partial charge in [-0.05, 0) is 37.3 Å². The Morgan fingerprint density at radius 2 is 2.00 bits per heavy atom. The molecule has 0 aliphatic heterocycles. The van der Waals surface area contributed by atoms with Crippen molar-refractivity contribution >= 4 is 11.8 Å². The third-order valence-corrected chi connectivity index (χ3v) is 3.69. The minimum Gasteiger partial charge on any atom is -0.314 e. The van der Waals surface area contributed by atoms with Crippen LogP contribution in [0, 0.1) is 0 Å². The van der Waals surface area contributed by atoms with E-state index in [-0.39, 0.29) is 0 Å². The zero-order chi connectivity index (χ0) is 9.36. The van der Waals surface area contributed by atoms with Gasteiger partial charge in [0.1, 0.15) is 0 Å². The predicted octanol–water partition coefficient (Wildman–Crippen LogP) is 3.05. The number of thioether (sulfide) groups is 1. The second-order valence-electron chi connectivity index (χ2n) is 3.84. The molecule has 1 saturated carbocycles. The Balaban J connectivity index is 1.86. The van der Waals surface area contributed by atoms with Crippen molar-refractivity contribution < 1.29 is 0 Å². The van der Waals surface area contributed by atoms with Crippen LogP contribution in [0.4, 0.5) is 0 Å². The fourth-order valence-corrected chi connectivity index (χ4v) is 2.57. The smallest absolute Gasteiger partial charge is 0.00670 e. The lowest BCUT2D eigenvalue weighted by Crippen LogP contribution is -2.31. The van der Waals surface area contributed by atoms with Crippen LogP contribution in [-0.2, 0) is 0 Å². The quantitative estimate of drug-likeness (QED) is 0.663. The van der Waals surface area contributed by atoms with Gasteiger partial charge in [-0.3, -0.25) is 0 Å². The molecule has 1 aliphatic rings. The average Bonchev–Trinajstić information content (AvgIpc) is 2.19. The first-order valence-electron chi connectivity index (χ1n) is 5.74. The fraction of sp³-hybridized carbons (Fsp3) is 1.00. The van der Waals surface area contributed by atoms with Gasteiger partial charge in [-0.1, -0.05) is 26.2 Å². The van der Waals surface area contributed by atoms with Gasteiger partial charge in [-0.25, -0.2) is 0 Å². The van der Waals surface area contributed by atoms with Crippen LogP contribution >= 0.6 is 11.8 Å². The predicted molar refractivity (Wildman–Crippen MR) is 62.5 cm³/mol. The van der Waals surface area contributed by atoms with Gasteiger partial charge in [-0.2, -0.15) is 11.8 Å². The van der Waals surface area contributed by atoms with Crippen molar-refractivity contribution in [1.29, 1.82) is 0 Å². The lowest BCUT2D eigenvalue weighted by Gasteiger charge is -2.22. The summed E-state index contributed by atoms with van der Waals surface area (Å²) in [5.41, 5.74) is 0. The lowest BCUT2D eigenvalue weighted by molar-refractivity contribution is 0.375. The van der Waals surface area contributed by atoms with Gasteiger partial charge in [0, 0.05) is 6.04 Å². The van der Waals surface area contributed by atoms with Crippen molar-refractivity contribution in [2.45, 2.75) is 51.5 Å². The zero-order valence-electron chi connectivity index (χ0n) is 8.85. The fourth-order valence-electron chi connectivity index (χ4n) is 1.93. The first-order chi connectivity index (χ1) is 6.43. The molecule has 1 fully saturated rings. The molecule has 13 heavy (non-hydrogen) atoms. The van der Waals surface area contributed by atoms with Gasteiger partial charge in [0.25, 0.3) is 0 Å². The number of rotatable bonds is 6. The highest BCUT2D eigenvalue weighted by Crippen LogP contribution is 2.17. The monoisotopic (exact) mass is 201 g/mol. The molecule has 0 spiro atoms. The SMILES string of the molecule is CCSCCCNC1CCCCC1. The van der Waals surface area contributed by atoms with Crippen LogP contribution < -0.4 is 5.32 Å². The molecular formula is C11H23NS. The van der Waals surface area contributed by atoms with E-state index < -0.39 is 0 Å². The molecule has 0 unspecified atom stereocenters. The number of hydrogen-bond donors (Lipinski definition) is 1. The number of hydrogen-bond acceptors (Lipinski definition) is 2. The molecule has 0 atom stereocenters. The van der Waals surface area contributed by atoms with E-state index in [0.29, 0.717) is 0 Å². The Bertz CT molecular complexity index is 111. The summed E-state index contributed by atoms with van der Waals surface area (Å²) in [7, 11) is 0. The van der Waals surface area contributed by atoms with E-state index in [0.717, 1.165) is 6.04 Å². The summed E-state index contributed by atoms with van der Waals surface area (Å²) >= 11 is 2.05. The molecule has 0 bridgehead atoms. The Labute approximate surface area is 87.1 Å². The molecule has 1 N–H and O–H groups in total. The second kappa shape index (κ2) is 7.69. The summed E-state index contributed by atoms with van der Waals surface area (Å²) in [5.74, 6) is 2.60. The van der Waals surface area contributed by atoms with E-state index >= 15 is 0 Å². The van der Waals surface area contributed by atoms with Gasteiger partial charge in [-0.15, -0.1) is 0 Å². The first-order valence-corrected chi connectivity index (χ1v) is 6.90. The maximum atomic E-state index is 3.67. The lowest BCUT2D eigenvalue weighted by atomic mass is 9.95. The van der Waals surface area contributed by atoms with Crippen LogP contribution in [-0.4, -0.2) is 24.1 Å². The minimum atomic E-state index is 0.848. The van der Waals surface area contributed by atoms with Crippen molar-refractivity contribution in [1.82, 2.24) is 5.32 Å². The molecule has 0 aromatic heterocycles. The van der Waals surface area contributed by atoms with E-state index in [2.05, 4.69) is 24.0 Å². The molecule has 2 heteroatoms. The molecule has 1 rings (SSSR count). The zero-order valence-corrected chi connectivity index (χ0v) is 9.67. The Morgan fingerprint density at radius 1 is 1.23 bits per heavy atom. The average molecular weight is 201 g/mol. The van der Waals surface area contributed by atoms with Gasteiger partial charge in [0.2, 0.25) is 0 Å². The van der Waals surface area contributed by atoms with Crippen molar-refractivity contribution in [3.8, 4) is 0 Å². The minimum absolute atomic E-state index is 0.848. The van der Waals surface area contributed by atoms with Gasteiger partial charge in [0.05, 0.1) is 0 Å². The van der Waals surface area contributed by atoms with E-state index in [1.807, 2.05) is 0 Å². The van der Waals surface area contributed by atoms with E-state index in [1.165, 1.54) is 56.6 Å². The number of nitrogens with one attached hydrogen (secondary N) is 1. The maximum Gasteiger partial charge on any atom is 0.00670 e. The van der Waals surface area contributed by atoms with E-state index in [1.54, 1.807) is 0 Å². The highest BCUT2D eigenvalue weighted by Gasteiger charge is 2.11. The Morgan fingerprint density at radius 3 is 2.69 bits per heavy atom. The van der Waals surface area contributed by atoms with Crippen LogP contribution in [0.15, 0.2) is 0 Å². The van der Waals surface area contributed by atoms with Crippen LogP contribution in [0.25, 0.3) is 0 Å². The molecule has 0 amide bonds. The van der Waals surface area contributed by atoms with Gasteiger partial charge < -0.3 is 5.32 Å². The summed E-state index contributed by atoms with van der Waals surface area (Å²) in [6.07, 6.45) is 8.53. The standard InChI is InChI=1S/C11H23NS/c1-2-13-10-6-9-12-11-7-4-3-5-8-11/h11-12H,2-10H2,1H3. The molecule has 0 aromatic rings. The van der Waals surface area contributed by atoms with Crippen molar-refractivity contribution in [3.05, 3.63) is 0 Å². The third-order valence-electron chi connectivity index (χ3n) is 2.71. The molecule has 0 aromatic carbocycles.